The zero-order chi connectivity index (χ0) is 15.2. The summed E-state index contributed by atoms with van der Waals surface area (Å²) in [6, 6.07) is 10.9. The fraction of sp³-hybridized carbons (Fsp3) is 0.294. The van der Waals surface area contributed by atoms with E-state index in [0.717, 1.165) is 24.2 Å². The molecule has 1 atom stereocenters. The summed E-state index contributed by atoms with van der Waals surface area (Å²) in [6.07, 6.45) is 0.678. The van der Waals surface area contributed by atoms with Crippen molar-refractivity contribution >= 4 is 11.6 Å². The van der Waals surface area contributed by atoms with E-state index in [9.17, 15) is 8.78 Å². The first kappa shape index (κ1) is 15.9. The summed E-state index contributed by atoms with van der Waals surface area (Å²) < 4.78 is 26.2. The van der Waals surface area contributed by atoms with Crippen molar-refractivity contribution in [1.82, 2.24) is 5.32 Å². The Bertz CT molecular complexity index is 584. The van der Waals surface area contributed by atoms with E-state index in [4.69, 9.17) is 11.6 Å². The summed E-state index contributed by atoms with van der Waals surface area (Å²) in [5.41, 5.74) is 1.93. The van der Waals surface area contributed by atoms with Crippen molar-refractivity contribution in [3.05, 3.63) is 70.2 Å². The van der Waals surface area contributed by atoms with Crippen LogP contribution in [0.5, 0.6) is 0 Å². The van der Waals surface area contributed by atoms with E-state index in [1.165, 1.54) is 24.3 Å². The third-order valence-corrected chi connectivity index (χ3v) is 3.82. The molecular formula is C17H18ClF2N. The maximum Gasteiger partial charge on any atom is 0.124 e. The van der Waals surface area contributed by atoms with E-state index in [-0.39, 0.29) is 17.6 Å². The Morgan fingerprint density at radius 2 is 1.71 bits per heavy atom. The molecule has 0 fully saturated rings. The summed E-state index contributed by atoms with van der Waals surface area (Å²) in [7, 11) is 0. The Labute approximate surface area is 128 Å². The molecule has 112 valence electrons. The van der Waals surface area contributed by atoms with Gasteiger partial charge in [0.15, 0.2) is 0 Å². The minimum atomic E-state index is -0.339. The van der Waals surface area contributed by atoms with Crippen molar-refractivity contribution < 1.29 is 8.78 Å². The maximum atomic E-state index is 13.1. The van der Waals surface area contributed by atoms with Gasteiger partial charge in [0.25, 0.3) is 0 Å². The van der Waals surface area contributed by atoms with Crippen LogP contribution in [0.1, 0.15) is 24.0 Å². The molecule has 0 saturated carbocycles. The molecule has 0 aliphatic rings. The smallest absolute Gasteiger partial charge is 0.124 e. The van der Waals surface area contributed by atoms with E-state index in [1.807, 2.05) is 6.92 Å². The van der Waals surface area contributed by atoms with Gasteiger partial charge in [0.1, 0.15) is 11.6 Å². The molecule has 0 saturated heterocycles. The van der Waals surface area contributed by atoms with Crippen molar-refractivity contribution in [2.75, 3.05) is 13.1 Å². The molecule has 0 aromatic heterocycles. The average molecular weight is 310 g/mol. The average Bonchev–Trinajstić information content (AvgIpc) is 2.46. The monoisotopic (exact) mass is 309 g/mol. The van der Waals surface area contributed by atoms with Crippen LogP contribution in [0.3, 0.4) is 0 Å². The standard InChI is InChI=1S/C17H18ClF2N/c1-2-21-11-14(12-3-6-15(19)7-4-12)9-13-5-8-16(20)10-17(13)18/h3-8,10,14,21H,2,9,11H2,1H3. The molecule has 4 heteroatoms. The summed E-state index contributed by atoms with van der Waals surface area (Å²) >= 11 is 6.10. The number of nitrogens with one attached hydrogen (secondary N) is 1. The van der Waals surface area contributed by atoms with E-state index < -0.39 is 0 Å². The highest BCUT2D eigenvalue weighted by molar-refractivity contribution is 6.31. The summed E-state index contributed by atoms with van der Waals surface area (Å²) in [5, 5.41) is 3.73. The Kier molecular flexibility index (Phi) is 5.71. The van der Waals surface area contributed by atoms with Gasteiger partial charge >= 0.3 is 0 Å². The van der Waals surface area contributed by atoms with Crippen molar-refractivity contribution in [3.8, 4) is 0 Å². The molecule has 0 radical (unpaired) electrons. The van der Waals surface area contributed by atoms with Crippen molar-refractivity contribution in [2.45, 2.75) is 19.3 Å². The van der Waals surface area contributed by atoms with Crippen molar-refractivity contribution in [3.63, 3.8) is 0 Å². The van der Waals surface area contributed by atoms with Gasteiger partial charge in [-0.25, -0.2) is 8.78 Å². The molecule has 1 nitrogen and oxygen atoms in total. The molecule has 0 heterocycles. The molecule has 0 bridgehead atoms. The summed E-state index contributed by atoms with van der Waals surface area (Å²) in [4.78, 5) is 0. The van der Waals surface area contributed by atoms with Crippen LogP contribution >= 0.6 is 11.6 Å². The van der Waals surface area contributed by atoms with Crippen LogP contribution in [-0.4, -0.2) is 13.1 Å². The number of halogens is 3. The minimum Gasteiger partial charge on any atom is -0.316 e. The van der Waals surface area contributed by atoms with Crippen LogP contribution in [0.4, 0.5) is 8.78 Å². The Morgan fingerprint density at radius 3 is 2.33 bits per heavy atom. The van der Waals surface area contributed by atoms with Gasteiger partial charge < -0.3 is 5.32 Å². The van der Waals surface area contributed by atoms with Crippen LogP contribution in [0.25, 0.3) is 0 Å². The second-order valence-corrected chi connectivity index (χ2v) is 5.40. The van der Waals surface area contributed by atoms with E-state index >= 15 is 0 Å². The normalized spacial score (nSPS) is 12.4. The molecule has 2 aromatic rings. The summed E-state index contributed by atoms with van der Waals surface area (Å²) in [6.45, 7) is 3.65. The van der Waals surface area contributed by atoms with Crippen molar-refractivity contribution in [2.24, 2.45) is 0 Å². The Morgan fingerprint density at radius 1 is 1.05 bits per heavy atom. The molecule has 2 rings (SSSR count). The largest absolute Gasteiger partial charge is 0.316 e. The molecule has 2 aromatic carbocycles. The lowest BCUT2D eigenvalue weighted by Gasteiger charge is -2.19. The molecule has 0 amide bonds. The summed E-state index contributed by atoms with van der Waals surface area (Å²) in [5.74, 6) is -0.428. The van der Waals surface area contributed by atoms with Crippen LogP contribution < -0.4 is 5.32 Å². The fourth-order valence-electron chi connectivity index (χ4n) is 2.31. The number of hydrogen-bond acceptors (Lipinski definition) is 1. The van der Waals surface area contributed by atoms with Gasteiger partial charge in [-0.15, -0.1) is 0 Å². The van der Waals surface area contributed by atoms with E-state index in [1.54, 1.807) is 18.2 Å². The molecule has 0 aliphatic heterocycles. The van der Waals surface area contributed by atoms with Gasteiger partial charge in [0.2, 0.25) is 0 Å². The third kappa shape index (κ3) is 4.51. The predicted molar refractivity (Wildman–Crippen MR) is 82.8 cm³/mol. The van der Waals surface area contributed by atoms with Crippen LogP contribution in [0.15, 0.2) is 42.5 Å². The minimum absolute atomic E-state index is 0.161. The molecule has 1 unspecified atom stereocenters. The van der Waals surface area contributed by atoms with E-state index in [2.05, 4.69) is 5.32 Å². The first-order valence-electron chi connectivity index (χ1n) is 7.00. The molecule has 1 N–H and O–H groups in total. The highest BCUT2D eigenvalue weighted by Crippen LogP contribution is 2.26. The van der Waals surface area contributed by atoms with Gasteiger partial charge in [-0.3, -0.25) is 0 Å². The Hall–Kier alpha value is -1.45. The van der Waals surface area contributed by atoms with Crippen LogP contribution in [0, 0.1) is 11.6 Å². The topological polar surface area (TPSA) is 12.0 Å². The SMILES string of the molecule is CCNCC(Cc1ccc(F)cc1Cl)c1ccc(F)cc1. The first-order chi connectivity index (χ1) is 10.1. The lowest BCUT2D eigenvalue weighted by atomic mass is 9.91. The maximum absolute atomic E-state index is 13.1. The van der Waals surface area contributed by atoms with E-state index in [0.29, 0.717) is 11.4 Å². The Balaban J connectivity index is 2.21. The number of rotatable bonds is 6. The lowest BCUT2D eigenvalue weighted by Crippen LogP contribution is -2.22. The third-order valence-electron chi connectivity index (χ3n) is 3.46. The highest BCUT2D eigenvalue weighted by atomic mass is 35.5. The second-order valence-electron chi connectivity index (χ2n) is 5.00. The second kappa shape index (κ2) is 7.53. The lowest BCUT2D eigenvalue weighted by molar-refractivity contribution is 0.588. The van der Waals surface area contributed by atoms with Gasteiger partial charge in [-0.05, 0) is 48.4 Å². The van der Waals surface area contributed by atoms with Gasteiger partial charge in [-0.2, -0.15) is 0 Å². The number of benzene rings is 2. The number of likely N-dealkylation sites (N-methyl/N-ethyl adjacent to an activating group) is 1. The zero-order valence-electron chi connectivity index (χ0n) is 11.9. The van der Waals surface area contributed by atoms with Crippen LogP contribution in [0.2, 0.25) is 5.02 Å². The van der Waals surface area contributed by atoms with Gasteiger partial charge in [0.05, 0.1) is 0 Å². The number of hydrogen-bond donors (Lipinski definition) is 1. The highest BCUT2D eigenvalue weighted by Gasteiger charge is 2.14. The van der Waals surface area contributed by atoms with Crippen LogP contribution in [-0.2, 0) is 6.42 Å². The molecule has 0 spiro atoms. The quantitative estimate of drug-likeness (QED) is 0.825. The fourth-order valence-corrected chi connectivity index (χ4v) is 2.56. The first-order valence-corrected chi connectivity index (χ1v) is 7.38. The van der Waals surface area contributed by atoms with Crippen molar-refractivity contribution in [1.29, 1.82) is 0 Å². The van der Waals surface area contributed by atoms with Gasteiger partial charge in [-0.1, -0.05) is 36.7 Å². The molecule has 21 heavy (non-hydrogen) atoms. The molecular weight excluding hydrogens is 292 g/mol. The van der Waals surface area contributed by atoms with Gasteiger partial charge in [0, 0.05) is 17.5 Å². The zero-order valence-corrected chi connectivity index (χ0v) is 12.6. The molecule has 0 aliphatic carbocycles. The predicted octanol–water partition coefficient (Wildman–Crippen LogP) is 4.55.